The molecule has 0 aliphatic carbocycles. The van der Waals surface area contributed by atoms with Crippen LogP contribution < -0.4 is 14.4 Å². The monoisotopic (exact) mass is 366 g/mol. The van der Waals surface area contributed by atoms with Crippen molar-refractivity contribution in [3.05, 3.63) is 59.9 Å². The van der Waals surface area contributed by atoms with Crippen molar-refractivity contribution < 1.29 is 17.5 Å². The van der Waals surface area contributed by atoms with E-state index >= 15 is 0 Å². The quantitative estimate of drug-likeness (QED) is 0.741. The molecule has 0 heterocycles. The normalized spacial score (nSPS) is 11.3. The van der Waals surface area contributed by atoms with Gasteiger partial charge in [-0.1, -0.05) is 12.1 Å². The summed E-state index contributed by atoms with van der Waals surface area (Å²) in [5.41, 5.74) is 2.16. The molecule has 0 saturated carbocycles. The molecular weight excluding hydrogens is 343 g/mol. The number of sulfonamides is 1. The fourth-order valence-corrected chi connectivity index (χ4v) is 3.04. The molecule has 0 atom stereocenters. The van der Waals surface area contributed by atoms with Gasteiger partial charge in [-0.3, -0.25) is 0 Å². The van der Waals surface area contributed by atoms with E-state index in [0.717, 1.165) is 11.3 Å². The zero-order valence-corrected chi connectivity index (χ0v) is 15.2. The first-order valence-electron chi connectivity index (χ1n) is 7.98. The van der Waals surface area contributed by atoms with Gasteiger partial charge in [0, 0.05) is 26.3 Å². The van der Waals surface area contributed by atoms with E-state index in [9.17, 15) is 12.8 Å². The average Bonchev–Trinajstić information content (AvgIpc) is 2.57. The van der Waals surface area contributed by atoms with E-state index in [1.54, 1.807) is 0 Å². The molecule has 0 fully saturated rings. The van der Waals surface area contributed by atoms with Gasteiger partial charge < -0.3 is 9.64 Å². The van der Waals surface area contributed by atoms with Gasteiger partial charge in [-0.25, -0.2) is 17.5 Å². The van der Waals surface area contributed by atoms with Crippen LogP contribution in [0.25, 0.3) is 0 Å². The molecule has 2 aromatic carbocycles. The van der Waals surface area contributed by atoms with Gasteiger partial charge in [0.25, 0.3) is 0 Å². The number of ether oxygens (including phenoxy) is 1. The fraction of sp³-hybridized carbons (Fsp3) is 0.333. The molecule has 136 valence electrons. The van der Waals surface area contributed by atoms with Crippen LogP contribution in [0.2, 0.25) is 0 Å². The fourth-order valence-electron chi connectivity index (χ4n) is 2.18. The second-order valence-corrected chi connectivity index (χ2v) is 7.75. The van der Waals surface area contributed by atoms with E-state index in [1.165, 1.54) is 24.3 Å². The highest BCUT2D eigenvalue weighted by Gasteiger charge is 2.10. The maximum absolute atomic E-state index is 12.8. The Morgan fingerprint density at radius 3 is 2.28 bits per heavy atom. The topological polar surface area (TPSA) is 58.6 Å². The summed E-state index contributed by atoms with van der Waals surface area (Å²) in [6, 6.07) is 13.4. The Balaban J connectivity index is 1.72. The highest BCUT2D eigenvalue weighted by atomic mass is 32.2. The maximum Gasteiger partial charge on any atom is 0.214 e. The molecule has 0 bridgehead atoms. The third-order valence-electron chi connectivity index (χ3n) is 3.62. The lowest BCUT2D eigenvalue weighted by atomic mass is 10.1. The summed E-state index contributed by atoms with van der Waals surface area (Å²) in [6.07, 6.45) is 0.617. The average molecular weight is 366 g/mol. The summed E-state index contributed by atoms with van der Waals surface area (Å²) in [5.74, 6) is -0.0675. The maximum atomic E-state index is 12.8. The predicted octanol–water partition coefficient (Wildman–Crippen LogP) is 2.43. The predicted molar refractivity (Wildman–Crippen MR) is 98.2 cm³/mol. The van der Waals surface area contributed by atoms with Gasteiger partial charge in [-0.15, -0.1) is 0 Å². The Morgan fingerprint density at radius 1 is 1.04 bits per heavy atom. The van der Waals surface area contributed by atoms with Crippen molar-refractivity contribution in [2.45, 2.75) is 6.42 Å². The largest absolute Gasteiger partial charge is 0.492 e. The van der Waals surface area contributed by atoms with E-state index < -0.39 is 10.0 Å². The van der Waals surface area contributed by atoms with E-state index in [-0.39, 0.29) is 18.2 Å². The molecule has 2 aromatic rings. The summed E-state index contributed by atoms with van der Waals surface area (Å²) in [7, 11) is 0.530. The van der Waals surface area contributed by atoms with Crippen molar-refractivity contribution in [2.24, 2.45) is 0 Å². The molecule has 0 unspecified atom stereocenters. The molecule has 0 radical (unpaired) electrons. The van der Waals surface area contributed by atoms with Crippen LogP contribution in [0.1, 0.15) is 5.56 Å². The molecule has 0 spiro atoms. The molecule has 2 rings (SSSR count). The summed E-state index contributed by atoms with van der Waals surface area (Å²) in [5, 5.41) is 0. The minimum absolute atomic E-state index is 0.0124. The van der Waals surface area contributed by atoms with Gasteiger partial charge in [0.05, 0.1) is 5.75 Å². The summed E-state index contributed by atoms with van der Waals surface area (Å²) in [6.45, 7) is 0.346. The van der Waals surface area contributed by atoms with Gasteiger partial charge >= 0.3 is 0 Å². The number of benzene rings is 2. The molecule has 7 heteroatoms. The van der Waals surface area contributed by atoms with E-state index in [2.05, 4.69) is 4.72 Å². The number of halogens is 1. The molecule has 0 amide bonds. The van der Waals surface area contributed by atoms with Gasteiger partial charge in [0.1, 0.15) is 18.2 Å². The first kappa shape index (κ1) is 19.2. The standard InChI is InChI=1S/C18H23FN2O3S/c1-21(2)17-7-3-15(4-8-17)11-12-20-25(22,23)14-13-24-18-9-5-16(19)6-10-18/h3-10,20H,11-14H2,1-2H3. The van der Waals surface area contributed by atoms with Crippen molar-refractivity contribution in [3.63, 3.8) is 0 Å². The van der Waals surface area contributed by atoms with Crippen LogP contribution >= 0.6 is 0 Å². The molecule has 0 aliphatic rings. The molecule has 0 saturated heterocycles. The zero-order chi connectivity index (χ0) is 18.3. The van der Waals surface area contributed by atoms with Crippen molar-refractivity contribution in [3.8, 4) is 5.75 Å². The lowest BCUT2D eigenvalue weighted by Gasteiger charge is -2.13. The molecule has 5 nitrogen and oxygen atoms in total. The number of hydrogen-bond acceptors (Lipinski definition) is 4. The molecular formula is C18H23FN2O3S. The molecule has 0 aliphatic heterocycles. The van der Waals surface area contributed by atoms with E-state index in [4.69, 9.17) is 4.74 Å². The lowest BCUT2D eigenvalue weighted by molar-refractivity contribution is 0.339. The summed E-state index contributed by atoms with van der Waals surface area (Å²) < 4.78 is 44.5. The highest BCUT2D eigenvalue weighted by molar-refractivity contribution is 7.89. The van der Waals surface area contributed by atoms with Gasteiger partial charge in [0.2, 0.25) is 10.0 Å². The zero-order valence-electron chi connectivity index (χ0n) is 14.4. The van der Waals surface area contributed by atoms with Gasteiger partial charge in [-0.05, 0) is 48.4 Å². The van der Waals surface area contributed by atoms with Crippen LogP contribution in [0.5, 0.6) is 5.75 Å². The Bertz CT molecular complexity index is 760. The van der Waals surface area contributed by atoms with Crippen molar-refractivity contribution in [1.82, 2.24) is 4.72 Å². The Morgan fingerprint density at radius 2 is 1.68 bits per heavy atom. The van der Waals surface area contributed by atoms with Crippen LogP contribution in [0, 0.1) is 5.82 Å². The number of rotatable bonds is 9. The minimum Gasteiger partial charge on any atom is -0.492 e. The summed E-state index contributed by atoms with van der Waals surface area (Å²) in [4.78, 5) is 2.01. The first-order chi connectivity index (χ1) is 11.9. The number of anilines is 1. The van der Waals surface area contributed by atoms with Crippen molar-refractivity contribution >= 4 is 15.7 Å². The number of nitrogens with zero attached hydrogens (tertiary/aromatic N) is 1. The summed E-state index contributed by atoms with van der Waals surface area (Å²) >= 11 is 0. The molecule has 0 aromatic heterocycles. The van der Waals surface area contributed by atoms with Crippen LogP contribution in [-0.4, -0.2) is 41.4 Å². The Labute approximate surface area is 148 Å². The number of hydrogen-bond donors (Lipinski definition) is 1. The lowest BCUT2D eigenvalue weighted by Crippen LogP contribution is -2.30. The van der Waals surface area contributed by atoms with Gasteiger partial charge in [0.15, 0.2) is 0 Å². The number of nitrogens with one attached hydrogen (secondary N) is 1. The Hall–Kier alpha value is -2.12. The van der Waals surface area contributed by atoms with Crippen LogP contribution in [0.15, 0.2) is 48.5 Å². The Kier molecular flexibility index (Phi) is 6.78. The smallest absolute Gasteiger partial charge is 0.214 e. The van der Waals surface area contributed by atoms with Gasteiger partial charge in [-0.2, -0.15) is 0 Å². The van der Waals surface area contributed by atoms with Crippen LogP contribution in [-0.2, 0) is 16.4 Å². The first-order valence-corrected chi connectivity index (χ1v) is 9.63. The van der Waals surface area contributed by atoms with Crippen LogP contribution in [0.4, 0.5) is 10.1 Å². The van der Waals surface area contributed by atoms with E-state index in [0.29, 0.717) is 18.7 Å². The molecule has 25 heavy (non-hydrogen) atoms. The van der Waals surface area contributed by atoms with Crippen molar-refractivity contribution in [2.75, 3.05) is 37.9 Å². The van der Waals surface area contributed by atoms with E-state index in [1.807, 2.05) is 43.3 Å². The second kappa shape index (κ2) is 8.82. The molecule has 1 N–H and O–H groups in total. The SMILES string of the molecule is CN(C)c1ccc(CCNS(=O)(=O)CCOc2ccc(F)cc2)cc1. The second-order valence-electron chi connectivity index (χ2n) is 5.83. The third kappa shape index (κ3) is 6.72. The third-order valence-corrected chi connectivity index (χ3v) is 4.97. The highest BCUT2D eigenvalue weighted by Crippen LogP contribution is 2.13. The van der Waals surface area contributed by atoms with Crippen LogP contribution in [0.3, 0.4) is 0 Å². The van der Waals surface area contributed by atoms with Crippen molar-refractivity contribution in [1.29, 1.82) is 0 Å². The minimum atomic E-state index is -3.41.